The minimum absolute atomic E-state index is 0.128. The van der Waals surface area contributed by atoms with Crippen LogP contribution in [0.4, 0.5) is 9.18 Å². The van der Waals surface area contributed by atoms with Crippen molar-refractivity contribution in [2.24, 2.45) is 5.92 Å². The van der Waals surface area contributed by atoms with Crippen LogP contribution >= 0.6 is 0 Å². The quantitative estimate of drug-likeness (QED) is 0.634. The first kappa shape index (κ1) is 25.9. The number of nitrogens with one attached hydrogen (secondary N) is 1. The molecular formula is C27H35FN4O4. The van der Waals surface area contributed by atoms with E-state index in [1.54, 1.807) is 48.2 Å². The van der Waals surface area contributed by atoms with Gasteiger partial charge in [0.1, 0.15) is 17.5 Å². The molecule has 3 atom stereocenters. The van der Waals surface area contributed by atoms with Gasteiger partial charge in [-0.15, -0.1) is 0 Å². The zero-order chi connectivity index (χ0) is 25.8. The summed E-state index contributed by atoms with van der Waals surface area (Å²) in [6, 6.07) is 7.32. The van der Waals surface area contributed by atoms with Gasteiger partial charge in [0.15, 0.2) is 0 Å². The summed E-state index contributed by atoms with van der Waals surface area (Å²) in [5.74, 6) is -0.586. The Morgan fingerprint density at radius 3 is 2.64 bits per heavy atom. The molecule has 2 aliphatic rings. The molecule has 36 heavy (non-hydrogen) atoms. The molecule has 1 aromatic carbocycles. The molecule has 8 nitrogen and oxygen atoms in total. The van der Waals surface area contributed by atoms with E-state index in [1.807, 2.05) is 6.92 Å². The SMILES string of the molecule is C[C@H]1CN([C@@H](C)CO)C(=O)c2cc(-c3ccc(F)cc3)cnc2O[C@H]1CN(C)C(=O)NC1CCCC1. The Kier molecular flexibility index (Phi) is 8.08. The van der Waals surface area contributed by atoms with Crippen LogP contribution in [0, 0.1) is 11.7 Å². The third kappa shape index (κ3) is 5.78. The number of likely N-dealkylation sites (N-methyl/N-ethyl adjacent to an activating group) is 1. The summed E-state index contributed by atoms with van der Waals surface area (Å²) in [7, 11) is 1.74. The van der Waals surface area contributed by atoms with Crippen LogP contribution in [0.5, 0.6) is 5.88 Å². The molecule has 0 bridgehead atoms. The molecule has 194 valence electrons. The predicted octanol–water partition coefficient (Wildman–Crippen LogP) is 3.69. The molecule has 1 saturated carbocycles. The third-order valence-electron chi connectivity index (χ3n) is 7.18. The van der Waals surface area contributed by atoms with Gasteiger partial charge in [-0.1, -0.05) is 31.9 Å². The van der Waals surface area contributed by atoms with E-state index in [-0.39, 0.29) is 47.8 Å². The van der Waals surface area contributed by atoms with Gasteiger partial charge in [-0.2, -0.15) is 0 Å². The van der Waals surface area contributed by atoms with E-state index >= 15 is 0 Å². The van der Waals surface area contributed by atoms with Gasteiger partial charge in [-0.25, -0.2) is 14.2 Å². The van der Waals surface area contributed by atoms with Crippen LogP contribution in [0.1, 0.15) is 49.9 Å². The van der Waals surface area contributed by atoms with Crippen LogP contribution in [-0.2, 0) is 0 Å². The number of carbonyl (C=O) groups excluding carboxylic acids is 2. The Hall–Kier alpha value is -3.20. The number of carbonyl (C=O) groups is 2. The fraction of sp³-hybridized carbons (Fsp3) is 0.519. The lowest BCUT2D eigenvalue weighted by molar-refractivity contribution is 0.0351. The third-order valence-corrected chi connectivity index (χ3v) is 7.18. The van der Waals surface area contributed by atoms with Crippen molar-refractivity contribution < 1.29 is 23.8 Å². The number of aromatic nitrogens is 1. The van der Waals surface area contributed by atoms with Gasteiger partial charge >= 0.3 is 6.03 Å². The molecule has 4 rings (SSSR count). The highest BCUT2D eigenvalue weighted by Gasteiger charge is 2.35. The van der Waals surface area contributed by atoms with E-state index in [9.17, 15) is 19.1 Å². The van der Waals surface area contributed by atoms with E-state index in [0.717, 1.165) is 31.2 Å². The Morgan fingerprint density at radius 2 is 1.97 bits per heavy atom. The summed E-state index contributed by atoms with van der Waals surface area (Å²) in [5.41, 5.74) is 1.64. The molecule has 2 heterocycles. The zero-order valence-corrected chi connectivity index (χ0v) is 21.1. The molecule has 0 spiro atoms. The van der Waals surface area contributed by atoms with Gasteiger partial charge in [0.2, 0.25) is 5.88 Å². The maximum absolute atomic E-state index is 13.6. The molecule has 9 heteroatoms. The summed E-state index contributed by atoms with van der Waals surface area (Å²) >= 11 is 0. The number of benzene rings is 1. The standard InChI is InChI=1S/C27H35FN4O4/c1-17-14-32(18(2)16-33)26(34)23-12-20(19-8-10-21(28)11-9-19)13-29-25(23)36-24(17)15-31(3)27(35)30-22-6-4-5-7-22/h8-13,17-18,22,24,33H,4-7,14-16H2,1-3H3,(H,30,35)/t17-,18-,24-/m0/s1. The number of amides is 3. The van der Waals surface area contributed by atoms with Crippen molar-refractivity contribution in [3.05, 3.63) is 47.9 Å². The summed E-state index contributed by atoms with van der Waals surface area (Å²) in [6.45, 7) is 4.24. The highest BCUT2D eigenvalue weighted by Crippen LogP contribution is 2.30. The van der Waals surface area contributed by atoms with E-state index < -0.39 is 12.1 Å². The second-order valence-electron chi connectivity index (χ2n) is 10.0. The predicted molar refractivity (Wildman–Crippen MR) is 134 cm³/mol. The molecule has 0 saturated heterocycles. The molecular weight excluding hydrogens is 463 g/mol. The molecule has 3 amide bonds. The Labute approximate surface area is 211 Å². The molecule has 1 aliphatic carbocycles. The number of aliphatic hydroxyl groups excluding tert-OH is 1. The van der Waals surface area contributed by atoms with Crippen molar-refractivity contribution in [2.45, 2.75) is 57.7 Å². The van der Waals surface area contributed by atoms with Gasteiger partial charge in [-0.05, 0) is 43.5 Å². The number of hydrogen-bond donors (Lipinski definition) is 2. The van der Waals surface area contributed by atoms with Gasteiger partial charge in [-0.3, -0.25) is 4.79 Å². The minimum atomic E-state index is -0.422. The first-order chi connectivity index (χ1) is 17.3. The Morgan fingerprint density at radius 1 is 1.28 bits per heavy atom. The lowest BCUT2D eigenvalue weighted by atomic mass is 9.99. The van der Waals surface area contributed by atoms with Gasteiger partial charge < -0.3 is 25.0 Å². The fourth-order valence-electron chi connectivity index (χ4n) is 4.83. The molecule has 1 aromatic heterocycles. The lowest BCUT2D eigenvalue weighted by Gasteiger charge is -2.37. The Balaban J connectivity index is 1.62. The van der Waals surface area contributed by atoms with Crippen LogP contribution in [0.2, 0.25) is 0 Å². The summed E-state index contributed by atoms with van der Waals surface area (Å²) in [5, 5.41) is 12.9. The largest absolute Gasteiger partial charge is 0.472 e. The second kappa shape index (κ2) is 11.2. The number of hydrogen-bond acceptors (Lipinski definition) is 5. The molecule has 2 N–H and O–H groups in total. The smallest absolute Gasteiger partial charge is 0.317 e. The minimum Gasteiger partial charge on any atom is -0.472 e. The van der Waals surface area contributed by atoms with Crippen LogP contribution in [0.15, 0.2) is 36.5 Å². The van der Waals surface area contributed by atoms with Crippen LogP contribution in [0.25, 0.3) is 11.1 Å². The number of rotatable bonds is 6. The molecule has 0 radical (unpaired) electrons. The van der Waals surface area contributed by atoms with Crippen LogP contribution in [0.3, 0.4) is 0 Å². The van der Waals surface area contributed by atoms with Crippen molar-refractivity contribution >= 4 is 11.9 Å². The van der Waals surface area contributed by atoms with Crippen LogP contribution < -0.4 is 10.1 Å². The van der Waals surface area contributed by atoms with Gasteiger partial charge in [0.25, 0.3) is 5.91 Å². The number of urea groups is 1. The van der Waals surface area contributed by atoms with Crippen molar-refractivity contribution in [1.29, 1.82) is 0 Å². The topological polar surface area (TPSA) is 95.0 Å². The summed E-state index contributed by atoms with van der Waals surface area (Å²) < 4.78 is 19.7. The van der Waals surface area contributed by atoms with Gasteiger partial charge in [0.05, 0.1) is 19.2 Å². The maximum atomic E-state index is 13.6. The number of aliphatic hydroxyl groups is 1. The molecule has 1 aliphatic heterocycles. The van der Waals surface area contributed by atoms with E-state index in [1.165, 1.54) is 12.1 Å². The zero-order valence-electron chi connectivity index (χ0n) is 21.1. The van der Waals surface area contributed by atoms with E-state index in [0.29, 0.717) is 18.7 Å². The first-order valence-electron chi connectivity index (χ1n) is 12.6. The highest BCUT2D eigenvalue weighted by molar-refractivity contribution is 5.98. The van der Waals surface area contributed by atoms with Crippen molar-refractivity contribution in [3.8, 4) is 17.0 Å². The van der Waals surface area contributed by atoms with Crippen LogP contribution in [-0.4, -0.2) is 76.8 Å². The normalized spacial score (nSPS) is 21.2. The number of fused-ring (bicyclic) bond motifs is 1. The number of ether oxygens (including phenoxy) is 1. The second-order valence-corrected chi connectivity index (χ2v) is 10.0. The molecule has 1 fully saturated rings. The van der Waals surface area contributed by atoms with Crippen molar-refractivity contribution in [2.75, 3.05) is 26.7 Å². The maximum Gasteiger partial charge on any atom is 0.317 e. The average molecular weight is 499 g/mol. The summed E-state index contributed by atoms with van der Waals surface area (Å²) in [4.78, 5) is 34.1. The Bertz CT molecular complexity index is 1070. The first-order valence-corrected chi connectivity index (χ1v) is 12.6. The number of pyridine rings is 1. The van der Waals surface area contributed by atoms with Gasteiger partial charge in [0, 0.05) is 37.3 Å². The average Bonchev–Trinajstić information content (AvgIpc) is 3.39. The fourth-order valence-corrected chi connectivity index (χ4v) is 4.83. The summed E-state index contributed by atoms with van der Waals surface area (Å²) in [6.07, 6.45) is 5.44. The number of nitrogens with zero attached hydrogens (tertiary/aromatic N) is 3. The molecule has 0 unspecified atom stereocenters. The lowest BCUT2D eigenvalue weighted by Crippen LogP contribution is -2.52. The number of halogens is 1. The van der Waals surface area contributed by atoms with E-state index in [4.69, 9.17) is 4.74 Å². The van der Waals surface area contributed by atoms with Crippen molar-refractivity contribution in [1.82, 2.24) is 20.1 Å². The highest BCUT2D eigenvalue weighted by atomic mass is 19.1. The monoisotopic (exact) mass is 498 g/mol. The molecule has 2 aromatic rings. The van der Waals surface area contributed by atoms with Crippen molar-refractivity contribution in [3.63, 3.8) is 0 Å². The van der Waals surface area contributed by atoms with E-state index in [2.05, 4.69) is 10.3 Å².